The number of benzene rings is 1. The largest absolute Gasteiger partial charge is 0.401 e. The molecule has 1 N–H and O–H groups in total. The molecule has 0 radical (unpaired) electrons. The molecule has 8 heteroatoms. The van der Waals surface area contributed by atoms with Crippen molar-refractivity contribution in [2.75, 3.05) is 44.2 Å². The van der Waals surface area contributed by atoms with Gasteiger partial charge in [0, 0.05) is 44.5 Å². The van der Waals surface area contributed by atoms with Gasteiger partial charge in [0.25, 0.3) is 0 Å². The van der Waals surface area contributed by atoms with Crippen LogP contribution in [0.3, 0.4) is 0 Å². The molecule has 1 atom stereocenters. The van der Waals surface area contributed by atoms with Gasteiger partial charge in [0.05, 0.1) is 12.6 Å². The molecule has 5 nitrogen and oxygen atoms in total. The van der Waals surface area contributed by atoms with E-state index in [2.05, 4.69) is 29.3 Å². The number of piperidine rings is 1. The Labute approximate surface area is 164 Å². The zero-order valence-electron chi connectivity index (χ0n) is 16.3. The summed E-state index contributed by atoms with van der Waals surface area (Å²) in [6, 6.07) is 10.2. The van der Waals surface area contributed by atoms with Gasteiger partial charge in [-0.3, -0.25) is 4.90 Å². The summed E-state index contributed by atoms with van der Waals surface area (Å²) < 4.78 is 37.5. The lowest BCUT2D eigenvalue weighted by molar-refractivity contribution is -0.148. The number of carbonyl (C=O) groups is 1. The maximum absolute atomic E-state index is 12.8. The van der Waals surface area contributed by atoms with Crippen molar-refractivity contribution in [3.8, 4) is 0 Å². The molecule has 0 aliphatic carbocycles. The number of nitrogens with zero attached hydrogens (tertiary/aromatic N) is 3. The van der Waals surface area contributed by atoms with Crippen LogP contribution >= 0.6 is 0 Å². The first-order chi connectivity index (χ1) is 13.4. The number of urea groups is 1. The third-order valence-electron chi connectivity index (χ3n) is 5.65. The number of halogens is 3. The number of nitrogens with one attached hydrogen (secondary N) is 1. The molecule has 156 valence electrons. The Morgan fingerprint density at radius 1 is 1.11 bits per heavy atom. The Hall–Kier alpha value is -1.96. The summed E-state index contributed by atoms with van der Waals surface area (Å²) in [6.07, 6.45) is -2.19. The number of piperazine rings is 1. The van der Waals surface area contributed by atoms with E-state index >= 15 is 0 Å². The fourth-order valence-electron chi connectivity index (χ4n) is 4.09. The monoisotopic (exact) mass is 398 g/mol. The number of rotatable bonds is 4. The van der Waals surface area contributed by atoms with E-state index in [9.17, 15) is 18.0 Å². The first-order valence-corrected chi connectivity index (χ1v) is 10.0. The highest BCUT2D eigenvalue weighted by molar-refractivity contribution is 5.75. The number of hydrogen-bond acceptors (Lipinski definition) is 3. The number of likely N-dealkylation sites (tertiary alicyclic amines) is 1. The second-order valence-corrected chi connectivity index (χ2v) is 7.65. The fraction of sp³-hybridized carbons (Fsp3) is 0.650. The van der Waals surface area contributed by atoms with Crippen LogP contribution in [0.4, 0.5) is 23.7 Å². The Bertz CT molecular complexity index is 632. The van der Waals surface area contributed by atoms with Crippen molar-refractivity contribution in [1.82, 2.24) is 15.1 Å². The predicted molar refractivity (Wildman–Crippen MR) is 103 cm³/mol. The second-order valence-electron chi connectivity index (χ2n) is 7.65. The van der Waals surface area contributed by atoms with Gasteiger partial charge in [-0.25, -0.2) is 4.79 Å². The van der Waals surface area contributed by atoms with E-state index in [1.807, 2.05) is 23.1 Å². The van der Waals surface area contributed by atoms with Gasteiger partial charge in [0.2, 0.25) is 0 Å². The molecule has 2 heterocycles. The molecule has 2 saturated heterocycles. The zero-order chi connectivity index (χ0) is 20.1. The van der Waals surface area contributed by atoms with Crippen molar-refractivity contribution in [1.29, 1.82) is 0 Å². The van der Waals surface area contributed by atoms with E-state index in [4.69, 9.17) is 0 Å². The Morgan fingerprint density at radius 2 is 1.79 bits per heavy atom. The van der Waals surface area contributed by atoms with E-state index < -0.39 is 12.7 Å². The summed E-state index contributed by atoms with van der Waals surface area (Å²) in [5.74, 6) is 0. The van der Waals surface area contributed by atoms with Gasteiger partial charge in [0.1, 0.15) is 0 Å². The van der Waals surface area contributed by atoms with Gasteiger partial charge >= 0.3 is 12.2 Å². The Kier molecular flexibility index (Phi) is 6.69. The summed E-state index contributed by atoms with van der Waals surface area (Å²) in [7, 11) is 0. The zero-order valence-corrected chi connectivity index (χ0v) is 16.3. The molecule has 3 rings (SSSR count). The van der Waals surface area contributed by atoms with Crippen molar-refractivity contribution in [3.63, 3.8) is 0 Å². The highest BCUT2D eigenvalue weighted by atomic mass is 19.4. The molecule has 2 aliphatic rings. The van der Waals surface area contributed by atoms with Crippen LogP contribution in [-0.4, -0.2) is 73.4 Å². The first kappa shape index (κ1) is 20.8. The lowest BCUT2D eigenvalue weighted by atomic mass is 10.0. The molecule has 2 fully saturated rings. The first-order valence-electron chi connectivity index (χ1n) is 10.0. The lowest BCUT2D eigenvalue weighted by Crippen LogP contribution is -2.59. The predicted octanol–water partition coefficient (Wildman–Crippen LogP) is 3.32. The van der Waals surface area contributed by atoms with Crippen molar-refractivity contribution >= 4 is 11.7 Å². The van der Waals surface area contributed by atoms with Crippen molar-refractivity contribution in [3.05, 3.63) is 30.3 Å². The second kappa shape index (κ2) is 9.03. The standard InChI is InChI=1S/C20H29F3N4O/c1-2-17-14-26(18-6-4-3-5-7-18)12-13-27(17)19(28)24-16-8-10-25(11-9-16)15-20(21,22)23/h3-7,16-17H,2,8-15H2,1H3,(H,24,28)/t17-/m1/s1. The Morgan fingerprint density at radius 3 is 2.39 bits per heavy atom. The highest BCUT2D eigenvalue weighted by Gasteiger charge is 2.34. The quantitative estimate of drug-likeness (QED) is 0.846. The smallest absolute Gasteiger partial charge is 0.368 e. The van der Waals surface area contributed by atoms with Crippen LogP contribution in [0.15, 0.2) is 30.3 Å². The summed E-state index contributed by atoms with van der Waals surface area (Å²) in [4.78, 5) is 18.4. The molecule has 1 aromatic rings. The fourth-order valence-corrected chi connectivity index (χ4v) is 4.09. The van der Waals surface area contributed by atoms with Crippen molar-refractivity contribution in [2.45, 2.75) is 44.4 Å². The van der Waals surface area contributed by atoms with E-state index in [-0.39, 0.29) is 18.1 Å². The molecule has 28 heavy (non-hydrogen) atoms. The number of hydrogen-bond donors (Lipinski definition) is 1. The molecular weight excluding hydrogens is 369 g/mol. The van der Waals surface area contributed by atoms with Gasteiger partial charge in [0.15, 0.2) is 0 Å². The number of para-hydroxylation sites is 1. The average Bonchev–Trinajstić information content (AvgIpc) is 2.68. The van der Waals surface area contributed by atoms with Gasteiger partial charge < -0.3 is 15.1 Å². The maximum Gasteiger partial charge on any atom is 0.401 e. The van der Waals surface area contributed by atoms with Gasteiger partial charge in [-0.1, -0.05) is 25.1 Å². The molecule has 2 amide bonds. The summed E-state index contributed by atoms with van der Waals surface area (Å²) in [6.45, 7) is 4.15. The Balaban J connectivity index is 1.49. The SMILES string of the molecule is CC[C@@H]1CN(c2ccccc2)CCN1C(=O)NC1CCN(CC(F)(F)F)CC1. The minimum atomic E-state index is -4.16. The lowest BCUT2D eigenvalue weighted by Gasteiger charge is -2.43. The minimum Gasteiger partial charge on any atom is -0.368 e. The molecule has 0 spiro atoms. The molecule has 0 bridgehead atoms. The number of alkyl halides is 3. The van der Waals surface area contributed by atoms with Crippen LogP contribution in [-0.2, 0) is 0 Å². The van der Waals surface area contributed by atoms with Gasteiger partial charge in [-0.15, -0.1) is 0 Å². The van der Waals surface area contributed by atoms with Crippen LogP contribution in [0.25, 0.3) is 0 Å². The van der Waals surface area contributed by atoms with E-state index in [0.717, 1.165) is 25.2 Å². The van der Waals surface area contributed by atoms with Crippen LogP contribution in [0.2, 0.25) is 0 Å². The van der Waals surface area contributed by atoms with Gasteiger partial charge in [-0.05, 0) is 31.4 Å². The minimum absolute atomic E-state index is 0.0540. The summed E-state index contributed by atoms with van der Waals surface area (Å²) >= 11 is 0. The molecule has 0 aromatic heterocycles. The maximum atomic E-state index is 12.8. The average molecular weight is 398 g/mol. The molecule has 0 saturated carbocycles. The number of amides is 2. The van der Waals surface area contributed by atoms with Crippen molar-refractivity contribution < 1.29 is 18.0 Å². The third-order valence-corrected chi connectivity index (χ3v) is 5.65. The van der Waals surface area contributed by atoms with E-state index in [1.165, 1.54) is 4.90 Å². The summed E-state index contributed by atoms with van der Waals surface area (Å²) in [5.41, 5.74) is 1.16. The molecule has 2 aliphatic heterocycles. The molecule has 1 aromatic carbocycles. The number of anilines is 1. The van der Waals surface area contributed by atoms with Gasteiger partial charge in [-0.2, -0.15) is 13.2 Å². The highest BCUT2D eigenvalue weighted by Crippen LogP contribution is 2.22. The summed E-state index contributed by atoms with van der Waals surface area (Å²) in [5, 5.41) is 3.05. The third kappa shape index (κ3) is 5.53. The number of carbonyl (C=O) groups excluding carboxylic acids is 1. The molecule has 0 unspecified atom stereocenters. The van der Waals surface area contributed by atoms with E-state index in [1.54, 1.807) is 0 Å². The van der Waals surface area contributed by atoms with E-state index in [0.29, 0.717) is 32.5 Å². The van der Waals surface area contributed by atoms with Crippen LogP contribution < -0.4 is 10.2 Å². The van der Waals surface area contributed by atoms with Crippen molar-refractivity contribution in [2.24, 2.45) is 0 Å². The van der Waals surface area contributed by atoms with Crippen LogP contribution in [0.5, 0.6) is 0 Å². The molecular formula is C20H29F3N4O. The normalized spacial score (nSPS) is 22.4. The van der Waals surface area contributed by atoms with Crippen LogP contribution in [0.1, 0.15) is 26.2 Å². The van der Waals surface area contributed by atoms with Crippen LogP contribution in [0, 0.1) is 0 Å². The topological polar surface area (TPSA) is 38.8 Å².